The summed E-state index contributed by atoms with van der Waals surface area (Å²) >= 11 is 0. The molecule has 5 nitrogen and oxygen atoms in total. The first-order valence-corrected chi connectivity index (χ1v) is 9.70. The first-order chi connectivity index (χ1) is 13.4. The molecule has 1 heterocycles. The zero-order chi connectivity index (χ0) is 20.1. The smallest absolute Gasteiger partial charge is 0.248 e. The largest absolute Gasteiger partial charge is 0.497 e. The van der Waals surface area contributed by atoms with E-state index < -0.39 is 11.5 Å². The van der Waals surface area contributed by atoms with Crippen LogP contribution < -0.4 is 10.5 Å². The molecule has 0 radical (unpaired) electrons. The van der Waals surface area contributed by atoms with Crippen molar-refractivity contribution in [1.29, 1.82) is 0 Å². The van der Waals surface area contributed by atoms with E-state index in [1.165, 1.54) is 11.1 Å². The number of likely N-dealkylation sites (tertiary alicyclic amines) is 1. The topological polar surface area (TPSA) is 64.8 Å². The Morgan fingerprint density at radius 2 is 2.00 bits per heavy atom. The monoisotopic (exact) mass is 380 g/mol. The fraction of sp³-hybridized carbons (Fsp3) is 0.435. The van der Waals surface area contributed by atoms with Gasteiger partial charge in [-0.05, 0) is 67.4 Å². The van der Waals surface area contributed by atoms with Gasteiger partial charge in [0.1, 0.15) is 11.4 Å². The highest BCUT2D eigenvalue weighted by atomic mass is 16.5. The molecule has 28 heavy (non-hydrogen) atoms. The summed E-state index contributed by atoms with van der Waals surface area (Å²) in [6, 6.07) is 14.1. The predicted octanol–water partition coefficient (Wildman–Crippen LogP) is 2.85. The Kier molecular flexibility index (Phi) is 4.47. The minimum atomic E-state index is -0.592. The lowest BCUT2D eigenvalue weighted by atomic mass is 9.53. The molecule has 1 unspecified atom stereocenters. The molecule has 0 spiro atoms. The molecule has 2 aromatic rings. The Bertz CT molecular complexity index is 928. The number of fused-ring (bicyclic) bond motifs is 4. The standard InChI is InChI=1S/C23H28N2O3/c1-22-10-11-25(2)20(13-15-8-9-18(27-3)14-19(15)22)23(22,28-4)17-7-5-6-16(12-17)21(24)26/h5-9,12,14,20H,10-11,13H2,1-4H3,(H2,24,26)/t20-,22-,23?/m1/s1. The van der Waals surface area contributed by atoms with Crippen molar-refractivity contribution in [2.75, 3.05) is 27.8 Å². The van der Waals surface area contributed by atoms with Crippen molar-refractivity contribution in [2.24, 2.45) is 5.73 Å². The maximum atomic E-state index is 11.9. The third kappa shape index (κ3) is 2.43. The molecule has 1 saturated heterocycles. The van der Waals surface area contributed by atoms with Gasteiger partial charge in [0.05, 0.1) is 7.11 Å². The Labute approximate surface area is 166 Å². The molecule has 0 aromatic heterocycles. The molecule has 2 bridgehead atoms. The SMILES string of the molecule is COc1ccc2c(c1)[C@@]1(C)CCN(C)[C@H](C2)C1(OC)c1cccc(C(N)=O)c1. The predicted molar refractivity (Wildman–Crippen MR) is 109 cm³/mol. The molecular weight excluding hydrogens is 352 g/mol. The zero-order valence-corrected chi connectivity index (χ0v) is 17.0. The van der Waals surface area contributed by atoms with Crippen molar-refractivity contribution in [2.45, 2.75) is 36.8 Å². The van der Waals surface area contributed by atoms with Crippen LogP contribution in [0.3, 0.4) is 0 Å². The third-order valence-corrected chi connectivity index (χ3v) is 7.01. The number of benzene rings is 2. The number of nitrogens with two attached hydrogens (primary N) is 1. The van der Waals surface area contributed by atoms with Gasteiger partial charge in [-0.1, -0.05) is 25.1 Å². The second-order valence-corrected chi connectivity index (χ2v) is 8.19. The van der Waals surface area contributed by atoms with Crippen LogP contribution in [0.2, 0.25) is 0 Å². The number of amides is 1. The van der Waals surface area contributed by atoms with Crippen LogP contribution in [0.25, 0.3) is 0 Å². The molecule has 1 amide bonds. The van der Waals surface area contributed by atoms with Crippen LogP contribution in [0.5, 0.6) is 5.75 Å². The lowest BCUT2D eigenvalue weighted by Gasteiger charge is -2.62. The summed E-state index contributed by atoms with van der Waals surface area (Å²) in [7, 11) is 5.64. The van der Waals surface area contributed by atoms with Crippen LogP contribution in [-0.4, -0.2) is 44.7 Å². The van der Waals surface area contributed by atoms with E-state index in [1.807, 2.05) is 18.2 Å². The number of rotatable bonds is 4. The van der Waals surface area contributed by atoms with Crippen LogP contribution in [0.15, 0.2) is 42.5 Å². The van der Waals surface area contributed by atoms with Crippen molar-refractivity contribution in [3.05, 3.63) is 64.7 Å². The van der Waals surface area contributed by atoms with Crippen LogP contribution in [0.4, 0.5) is 0 Å². The number of methoxy groups -OCH3 is 2. The molecule has 148 valence electrons. The first kappa shape index (κ1) is 19.0. The van der Waals surface area contributed by atoms with Crippen molar-refractivity contribution >= 4 is 5.91 Å². The van der Waals surface area contributed by atoms with Gasteiger partial charge < -0.3 is 15.2 Å². The van der Waals surface area contributed by atoms with E-state index in [2.05, 4.69) is 37.1 Å². The number of primary amides is 1. The Morgan fingerprint density at radius 1 is 1.21 bits per heavy atom. The van der Waals surface area contributed by atoms with Gasteiger partial charge in [0, 0.05) is 24.1 Å². The van der Waals surface area contributed by atoms with Crippen LogP contribution in [0.1, 0.15) is 40.4 Å². The second kappa shape index (κ2) is 6.61. The number of piperidine rings is 1. The molecule has 1 aliphatic heterocycles. The maximum absolute atomic E-state index is 11.9. The summed E-state index contributed by atoms with van der Waals surface area (Å²) < 4.78 is 12.0. The molecule has 2 N–H and O–H groups in total. The molecule has 4 rings (SSSR count). The highest BCUT2D eigenvalue weighted by Gasteiger charge is 2.62. The summed E-state index contributed by atoms with van der Waals surface area (Å²) in [5.74, 6) is 0.433. The molecule has 2 aromatic carbocycles. The molecule has 1 fully saturated rings. The van der Waals surface area contributed by atoms with Crippen LogP contribution in [-0.2, 0) is 22.2 Å². The quantitative estimate of drug-likeness (QED) is 0.886. The van der Waals surface area contributed by atoms with Gasteiger partial charge in [-0.15, -0.1) is 0 Å². The first-order valence-electron chi connectivity index (χ1n) is 9.70. The highest BCUT2D eigenvalue weighted by molar-refractivity contribution is 5.93. The van der Waals surface area contributed by atoms with Gasteiger partial charge in [-0.25, -0.2) is 0 Å². The Hall–Kier alpha value is -2.37. The van der Waals surface area contributed by atoms with Crippen molar-refractivity contribution < 1.29 is 14.3 Å². The average Bonchev–Trinajstić information content (AvgIpc) is 2.71. The van der Waals surface area contributed by atoms with Crippen molar-refractivity contribution in [3.8, 4) is 5.75 Å². The number of nitrogens with zero attached hydrogens (tertiary/aromatic N) is 1. The summed E-state index contributed by atoms with van der Waals surface area (Å²) in [4.78, 5) is 14.2. The number of carbonyl (C=O) groups excluding carboxylic acids is 1. The Morgan fingerprint density at radius 3 is 2.68 bits per heavy atom. The van der Waals surface area contributed by atoms with E-state index in [9.17, 15) is 4.79 Å². The van der Waals surface area contributed by atoms with Gasteiger partial charge in [0.15, 0.2) is 0 Å². The molecular formula is C23H28N2O3. The minimum absolute atomic E-state index is 0.153. The minimum Gasteiger partial charge on any atom is -0.497 e. The maximum Gasteiger partial charge on any atom is 0.248 e. The highest BCUT2D eigenvalue weighted by Crippen LogP contribution is 2.58. The number of hydrogen-bond acceptors (Lipinski definition) is 4. The van der Waals surface area contributed by atoms with E-state index in [4.69, 9.17) is 15.2 Å². The molecule has 0 saturated carbocycles. The van der Waals surface area contributed by atoms with Crippen molar-refractivity contribution in [3.63, 3.8) is 0 Å². The average molecular weight is 380 g/mol. The summed E-state index contributed by atoms with van der Waals surface area (Å²) in [6.45, 7) is 3.27. The molecule has 1 aliphatic carbocycles. The third-order valence-electron chi connectivity index (χ3n) is 7.01. The number of likely N-dealkylation sites (N-methyl/N-ethyl adjacent to an activating group) is 1. The lowest BCUT2D eigenvalue weighted by molar-refractivity contribution is -0.164. The molecule has 3 atom stereocenters. The van der Waals surface area contributed by atoms with Gasteiger partial charge in [0.2, 0.25) is 5.91 Å². The van der Waals surface area contributed by atoms with Gasteiger partial charge in [-0.2, -0.15) is 0 Å². The van der Waals surface area contributed by atoms with E-state index >= 15 is 0 Å². The lowest BCUT2D eigenvalue weighted by Crippen LogP contribution is -2.68. The number of hydrogen-bond donors (Lipinski definition) is 1. The van der Waals surface area contributed by atoms with Crippen LogP contribution >= 0.6 is 0 Å². The fourth-order valence-electron chi connectivity index (χ4n) is 5.53. The van der Waals surface area contributed by atoms with Crippen LogP contribution in [0, 0.1) is 0 Å². The van der Waals surface area contributed by atoms with E-state index in [0.29, 0.717) is 5.56 Å². The summed E-state index contributed by atoms with van der Waals surface area (Å²) in [6.07, 6.45) is 1.81. The van der Waals surface area contributed by atoms with Gasteiger partial charge >= 0.3 is 0 Å². The van der Waals surface area contributed by atoms with E-state index in [0.717, 1.165) is 30.7 Å². The number of carbonyl (C=O) groups is 1. The summed E-state index contributed by atoms with van der Waals surface area (Å²) in [5, 5.41) is 0. The molecule has 5 heteroatoms. The van der Waals surface area contributed by atoms with Gasteiger partial charge in [0.25, 0.3) is 0 Å². The van der Waals surface area contributed by atoms with Gasteiger partial charge in [-0.3, -0.25) is 9.69 Å². The molecule has 2 aliphatic rings. The van der Waals surface area contributed by atoms with E-state index in [-0.39, 0.29) is 11.5 Å². The normalized spacial score (nSPS) is 29.2. The number of ether oxygens (including phenoxy) is 2. The zero-order valence-electron chi connectivity index (χ0n) is 17.0. The summed E-state index contributed by atoms with van der Waals surface area (Å²) in [5.41, 5.74) is 8.83. The van der Waals surface area contributed by atoms with Crippen molar-refractivity contribution in [1.82, 2.24) is 4.90 Å². The Balaban J connectivity index is 2.00. The fourth-order valence-corrected chi connectivity index (χ4v) is 5.53. The second-order valence-electron chi connectivity index (χ2n) is 8.19. The van der Waals surface area contributed by atoms with E-state index in [1.54, 1.807) is 20.3 Å².